The van der Waals surface area contributed by atoms with Crippen LogP contribution in [-0.4, -0.2) is 0 Å². The van der Waals surface area contributed by atoms with Crippen molar-refractivity contribution in [1.82, 2.24) is 0 Å². The highest BCUT2D eigenvalue weighted by Crippen LogP contribution is 2.28. The smallest absolute Gasteiger partial charge is 0.0628 e. The van der Waals surface area contributed by atoms with Gasteiger partial charge in [-0.15, -0.1) is 11.6 Å². The standard InChI is InChI=1S/C16H16Cl2/c1-11-6-7-15(12(2)8-11)16(18)10-13-4-3-5-14(17)9-13/h3-9,16H,10H2,1-2H3. The van der Waals surface area contributed by atoms with Crippen molar-refractivity contribution in [1.29, 1.82) is 0 Å². The molecule has 0 nitrogen and oxygen atoms in total. The minimum atomic E-state index is -0.0101. The second-order valence-corrected chi connectivity index (χ2v) is 5.62. The van der Waals surface area contributed by atoms with Crippen molar-refractivity contribution < 1.29 is 0 Å². The van der Waals surface area contributed by atoms with Gasteiger partial charge < -0.3 is 0 Å². The largest absolute Gasteiger partial charge is 0.117 e. The zero-order chi connectivity index (χ0) is 13.1. The number of hydrogen-bond donors (Lipinski definition) is 0. The van der Waals surface area contributed by atoms with Crippen LogP contribution in [0.2, 0.25) is 5.02 Å². The fraction of sp³-hybridized carbons (Fsp3) is 0.250. The topological polar surface area (TPSA) is 0 Å². The first-order valence-corrected chi connectivity index (χ1v) is 6.83. The first kappa shape index (κ1) is 13.5. The van der Waals surface area contributed by atoms with Gasteiger partial charge >= 0.3 is 0 Å². The van der Waals surface area contributed by atoms with Gasteiger partial charge in [0.2, 0.25) is 0 Å². The zero-order valence-corrected chi connectivity index (χ0v) is 12.1. The van der Waals surface area contributed by atoms with Gasteiger partial charge in [0.15, 0.2) is 0 Å². The van der Waals surface area contributed by atoms with Crippen molar-refractivity contribution in [3.05, 3.63) is 69.7 Å². The highest BCUT2D eigenvalue weighted by molar-refractivity contribution is 6.30. The maximum Gasteiger partial charge on any atom is 0.0628 e. The van der Waals surface area contributed by atoms with Crippen LogP contribution in [0.15, 0.2) is 42.5 Å². The van der Waals surface area contributed by atoms with Crippen molar-refractivity contribution in [3.63, 3.8) is 0 Å². The molecular formula is C16H16Cl2. The molecule has 0 N–H and O–H groups in total. The molecule has 0 fully saturated rings. The minimum absolute atomic E-state index is 0.0101. The second-order valence-electron chi connectivity index (χ2n) is 4.66. The van der Waals surface area contributed by atoms with Crippen LogP contribution in [0.4, 0.5) is 0 Å². The lowest BCUT2D eigenvalue weighted by Crippen LogP contribution is -1.98. The molecular weight excluding hydrogens is 263 g/mol. The molecule has 0 aliphatic rings. The fourth-order valence-electron chi connectivity index (χ4n) is 2.16. The van der Waals surface area contributed by atoms with Gasteiger partial charge in [-0.05, 0) is 49.1 Å². The lowest BCUT2D eigenvalue weighted by atomic mass is 9.98. The number of aryl methyl sites for hydroxylation is 2. The molecule has 18 heavy (non-hydrogen) atoms. The van der Waals surface area contributed by atoms with Crippen LogP contribution in [0.25, 0.3) is 0 Å². The van der Waals surface area contributed by atoms with Crippen molar-refractivity contribution in [2.24, 2.45) is 0 Å². The molecule has 2 rings (SSSR count). The van der Waals surface area contributed by atoms with Gasteiger partial charge in [0.05, 0.1) is 5.38 Å². The average molecular weight is 279 g/mol. The zero-order valence-electron chi connectivity index (χ0n) is 10.6. The van der Waals surface area contributed by atoms with Crippen molar-refractivity contribution >= 4 is 23.2 Å². The molecule has 0 saturated heterocycles. The van der Waals surface area contributed by atoms with E-state index in [1.807, 2.05) is 18.2 Å². The summed E-state index contributed by atoms with van der Waals surface area (Å²) in [5, 5.41) is 0.751. The van der Waals surface area contributed by atoms with Gasteiger partial charge in [-0.2, -0.15) is 0 Å². The highest BCUT2D eigenvalue weighted by atomic mass is 35.5. The summed E-state index contributed by atoms with van der Waals surface area (Å²) in [5.41, 5.74) is 4.88. The van der Waals surface area contributed by atoms with Crippen LogP contribution in [0.5, 0.6) is 0 Å². The summed E-state index contributed by atoms with van der Waals surface area (Å²) in [6.07, 6.45) is 0.798. The Morgan fingerprint density at radius 1 is 1.06 bits per heavy atom. The van der Waals surface area contributed by atoms with Gasteiger partial charge in [-0.25, -0.2) is 0 Å². The Labute approximate surface area is 119 Å². The minimum Gasteiger partial charge on any atom is -0.117 e. The summed E-state index contributed by atoms with van der Waals surface area (Å²) in [6.45, 7) is 4.20. The van der Waals surface area contributed by atoms with Crippen LogP contribution in [0, 0.1) is 13.8 Å². The normalized spacial score (nSPS) is 12.4. The van der Waals surface area contributed by atoms with Gasteiger partial charge in [0.25, 0.3) is 0 Å². The van der Waals surface area contributed by atoms with E-state index in [2.05, 4.69) is 38.1 Å². The van der Waals surface area contributed by atoms with Crippen LogP contribution in [-0.2, 0) is 6.42 Å². The number of hydrogen-bond acceptors (Lipinski definition) is 0. The molecule has 0 amide bonds. The van der Waals surface area contributed by atoms with E-state index >= 15 is 0 Å². The molecule has 1 atom stereocenters. The van der Waals surface area contributed by atoms with E-state index in [0.29, 0.717) is 0 Å². The van der Waals surface area contributed by atoms with E-state index in [1.165, 1.54) is 22.3 Å². The molecule has 2 heteroatoms. The molecule has 0 radical (unpaired) electrons. The van der Waals surface area contributed by atoms with Gasteiger partial charge in [-0.1, -0.05) is 47.5 Å². The Kier molecular flexibility index (Phi) is 4.31. The van der Waals surface area contributed by atoms with Gasteiger partial charge in [-0.3, -0.25) is 0 Å². The van der Waals surface area contributed by atoms with E-state index in [4.69, 9.17) is 23.2 Å². The quantitative estimate of drug-likeness (QED) is 0.653. The Hall–Kier alpha value is -0.980. The molecule has 0 spiro atoms. The predicted molar refractivity (Wildman–Crippen MR) is 79.7 cm³/mol. The summed E-state index contributed by atoms with van der Waals surface area (Å²) < 4.78 is 0. The Balaban J connectivity index is 2.19. The van der Waals surface area contributed by atoms with Crippen LogP contribution in [0.1, 0.15) is 27.6 Å². The first-order chi connectivity index (χ1) is 8.56. The maximum absolute atomic E-state index is 6.51. The van der Waals surface area contributed by atoms with E-state index in [9.17, 15) is 0 Å². The molecule has 0 saturated carbocycles. The Bertz CT molecular complexity index is 547. The summed E-state index contributed by atoms with van der Waals surface area (Å²) in [7, 11) is 0. The first-order valence-electron chi connectivity index (χ1n) is 6.02. The number of rotatable bonds is 3. The third-order valence-corrected chi connectivity index (χ3v) is 3.69. The van der Waals surface area contributed by atoms with Gasteiger partial charge in [0, 0.05) is 5.02 Å². The molecule has 0 bridgehead atoms. The number of benzene rings is 2. The predicted octanol–water partition coefficient (Wildman–Crippen LogP) is 5.48. The molecule has 0 aromatic heterocycles. The maximum atomic E-state index is 6.51. The van der Waals surface area contributed by atoms with Crippen molar-refractivity contribution in [2.75, 3.05) is 0 Å². The van der Waals surface area contributed by atoms with Crippen molar-refractivity contribution in [3.8, 4) is 0 Å². The summed E-state index contributed by atoms with van der Waals surface area (Å²) in [4.78, 5) is 0. The SMILES string of the molecule is Cc1ccc(C(Cl)Cc2cccc(Cl)c2)c(C)c1. The van der Waals surface area contributed by atoms with Crippen LogP contribution >= 0.6 is 23.2 Å². The molecule has 1 unspecified atom stereocenters. The number of halogens is 2. The lowest BCUT2D eigenvalue weighted by Gasteiger charge is -2.13. The van der Waals surface area contributed by atoms with Crippen LogP contribution < -0.4 is 0 Å². The monoisotopic (exact) mass is 278 g/mol. The summed E-state index contributed by atoms with van der Waals surface area (Å²) in [5.74, 6) is 0. The molecule has 0 aliphatic heterocycles. The van der Waals surface area contributed by atoms with E-state index in [0.717, 1.165) is 11.4 Å². The molecule has 0 heterocycles. The van der Waals surface area contributed by atoms with Crippen molar-refractivity contribution in [2.45, 2.75) is 25.6 Å². The molecule has 0 aliphatic carbocycles. The molecule has 94 valence electrons. The summed E-state index contributed by atoms with van der Waals surface area (Å²) in [6, 6.07) is 14.3. The highest BCUT2D eigenvalue weighted by Gasteiger charge is 2.11. The van der Waals surface area contributed by atoms with E-state index in [-0.39, 0.29) is 5.38 Å². The second kappa shape index (κ2) is 5.77. The van der Waals surface area contributed by atoms with E-state index in [1.54, 1.807) is 0 Å². The average Bonchev–Trinajstić information content (AvgIpc) is 2.28. The Morgan fingerprint density at radius 2 is 1.83 bits per heavy atom. The van der Waals surface area contributed by atoms with E-state index < -0.39 is 0 Å². The van der Waals surface area contributed by atoms with Gasteiger partial charge in [0.1, 0.15) is 0 Å². The molecule has 2 aromatic carbocycles. The number of alkyl halides is 1. The third-order valence-electron chi connectivity index (χ3n) is 3.07. The van der Waals surface area contributed by atoms with Crippen LogP contribution in [0.3, 0.4) is 0 Å². The molecule has 2 aromatic rings. The third kappa shape index (κ3) is 3.28. The lowest BCUT2D eigenvalue weighted by molar-refractivity contribution is 0.909. The fourth-order valence-corrected chi connectivity index (χ4v) is 2.79. The summed E-state index contributed by atoms with van der Waals surface area (Å²) >= 11 is 12.5. The Morgan fingerprint density at radius 3 is 2.50 bits per heavy atom.